The lowest BCUT2D eigenvalue weighted by molar-refractivity contribution is -0.385. The molecule has 0 atom stereocenters. The summed E-state index contributed by atoms with van der Waals surface area (Å²) in [5, 5.41) is 20.1. The number of rotatable bonds is 6. The molecule has 0 aliphatic heterocycles. The van der Waals surface area contributed by atoms with E-state index < -0.39 is 23.3 Å². The lowest BCUT2D eigenvalue weighted by Gasteiger charge is -2.20. The SMILES string of the molecule is O=C(O)CN(CC1CC1)C(=O)c1cc(Cl)ccc1[N+](=O)[O-]. The number of carboxylic acids is 1. The third-order valence-corrected chi connectivity index (χ3v) is 3.41. The van der Waals surface area contributed by atoms with Crippen molar-refractivity contribution in [2.24, 2.45) is 5.92 Å². The quantitative estimate of drug-likeness (QED) is 0.641. The van der Waals surface area contributed by atoms with E-state index in [1.165, 1.54) is 12.1 Å². The van der Waals surface area contributed by atoms with Crippen LogP contribution in [0.5, 0.6) is 0 Å². The van der Waals surface area contributed by atoms with Gasteiger partial charge in [0.05, 0.1) is 4.92 Å². The smallest absolute Gasteiger partial charge is 0.323 e. The monoisotopic (exact) mass is 312 g/mol. The van der Waals surface area contributed by atoms with Crippen LogP contribution in [0.1, 0.15) is 23.2 Å². The van der Waals surface area contributed by atoms with E-state index in [0.717, 1.165) is 23.8 Å². The fraction of sp³-hybridized carbons (Fsp3) is 0.385. The molecule has 1 aromatic carbocycles. The van der Waals surface area contributed by atoms with E-state index in [9.17, 15) is 19.7 Å². The van der Waals surface area contributed by atoms with Crippen LogP contribution in [0.25, 0.3) is 0 Å². The fourth-order valence-corrected chi connectivity index (χ4v) is 2.18. The predicted molar refractivity (Wildman–Crippen MR) is 74.4 cm³/mol. The maximum absolute atomic E-state index is 12.4. The Kier molecular flexibility index (Phi) is 4.42. The predicted octanol–water partition coefficient (Wildman–Crippen LogP) is 2.18. The number of carbonyl (C=O) groups excluding carboxylic acids is 1. The van der Waals surface area contributed by atoms with Gasteiger partial charge in [-0.15, -0.1) is 0 Å². The van der Waals surface area contributed by atoms with Crippen LogP contribution in [-0.4, -0.2) is 39.9 Å². The number of amides is 1. The highest BCUT2D eigenvalue weighted by molar-refractivity contribution is 6.31. The van der Waals surface area contributed by atoms with Crippen molar-refractivity contribution in [3.8, 4) is 0 Å². The topological polar surface area (TPSA) is 101 Å². The summed E-state index contributed by atoms with van der Waals surface area (Å²) in [6, 6.07) is 3.66. The van der Waals surface area contributed by atoms with E-state index in [1.54, 1.807) is 0 Å². The molecule has 7 nitrogen and oxygen atoms in total. The average molecular weight is 313 g/mol. The average Bonchev–Trinajstić information content (AvgIpc) is 3.20. The van der Waals surface area contributed by atoms with Gasteiger partial charge < -0.3 is 10.0 Å². The summed E-state index contributed by atoms with van der Waals surface area (Å²) >= 11 is 5.78. The van der Waals surface area contributed by atoms with Gasteiger partial charge >= 0.3 is 5.97 Å². The van der Waals surface area contributed by atoms with E-state index in [0.29, 0.717) is 0 Å². The lowest BCUT2D eigenvalue weighted by Crippen LogP contribution is -2.37. The summed E-state index contributed by atoms with van der Waals surface area (Å²) in [7, 11) is 0. The summed E-state index contributed by atoms with van der Waals surface area (Å²) < 4.78 is 0. The number of carboxylic acid groups (broad SMARTS) is 1. The standard InChI is InChI=1S/C13H13ClN2O5/c14-9-3-4-11(16(20)21)10(5-9)13(19)15(7-12(17)18)6-8-1-2-8/h3-5,8H,1-2,6-7H2,(H,17,18). The van der Waals surface area contributed by atoms with Crippen molar-refractivity contribution in [3.63, 3.8) is 0 Å². The molecule has 1 fully saturated rings. The molecule has 1 aromatic rings. The van der Waals surface area contributed by atoms with Crippen LogP contribution >= 0.6 is 11.6 Å². The first-order valence-electron chi connectivity index (χ1n) is 6.33. The second-order valence-electron chi connectivity index (χ2n) is 4.94. The minimum atomic E-state index is -1.16. The molecule has 0 heterocycles. The Morgan fingerprint density at radius 1 is 1.43 bits per heavy atom. The highest BCUT2D eigenvalue weighted by atomic mass is 35.5. The number of carbonyl (C=O) groups is 2. The molecule has 0 spiro atoms. The highest BCUT2D eigenvalue weighted by Crippen LogP contribution is 2.31. The van der Waals surface area contributed by atoms with E-state index in [2.05, 4.69) is 0 Å². The number of aliphatic carboxylic acids is 1. The number of nitro benzene ring substituents is 1. The van der Waals surface area contributed by atoms with Crippen molar-refractivity contribution in [2.45, 2.75) is 12.8 Å². The first-order chi connectivity index (χ1) is 9.88. The third-order valence-electron chi connectivity index (χ3n) is 3.17. The van der Waals surface area contributed by atoms with E-state index in [1.807, 2.05) is 0 Å². The molecule has 0 unspecified atom stereocenters. The number of nitrogens with zero attached hydrogens (tertiary/aromatic N) is 2. The Bertz CT molecular complexity index is 600. The van der Waals surface area contributed by atoms with Crippen LogP contribution in [-0.2, 0) is 4.79 Å². The minimum Gasteiger partial charge on any atom is -0.480 e. The van der Waals surface area contributed by atoms with Crippen molar-refractivity contribution in [2.75, 3.05) is 13.1 Å². The highest BCUT2D eigenvalue weighted by Gasteiger charge is 2.31. The van der Waals surface area contributed by atoms with Crippen molar-refractivity contribution in [3.05, 3.63) is 38.9 Å². The van der Waals surface area contributed by atoms with Gasteiger partial charge in [0.25, 0.3) is 11.6 Å². The summed E-state index contributed by atoms with van der Waals surface area (Å²) in [5.74, 6) is -1.57. The minimum absolute atomic E-state index is 0.186. The van der Waals surface area contributed by atoms with Crippen molar-refractivity contribution < 1.29 is 19.6 Å². The summed E-state index contributed by atoms with van der Waals surface area (Å²) in [6.07, 6.45) is 1.86. The fourth-order valence-electron chi connectivity index (χ4n) is 2.00. The van der Waals surface area contributed by atoms with Gasteiger partial charge in [-0.25, -0.2) is 0 Å². The third kappa shape index (κ3) is 3.91. The van der Waals surface area contributed by atoms with Crippen LogP contribution in [0.3, 0.4) is 0 Å². The molecule has 2 rings (SSSR count). The molecule has 0 aromatic heterocycles. The van der Waals surface area contributed by atoms with Crippen molar-refractivity contribution in [1.82, 2.24) is 4.90 Å². The van der Waals surface area contributed by atoms with Crippen LogP contribution in [0.2, 0.25) is 5.02 Å². The first kappa shape index (κ1) is 15.2. The van der Waals surface area contributed by atoms with Crippen LogP contribution < -0.4 is 0 Å². The molecule has 1 N–H and O–H groups in total. The Morgan fingerprint density at radius 2 is 2.10 bits per heavy atom. The van der Waals surface area contributed by atoms with Crippen LogP contribution in [0.15, 0.2) is 18.2 Å². The summed E-state index contributed by atoms with van der Waals surface area (Å²) in [6.45, 7) is -0.201. The second kappa shape index (κ2) is 6.09. The van der Waals surface area contributed by atoms with Gasteiger partial charge in [-0.3, -0.25) is 19.7 Å². The Morgan fingerprint density at radius 3 is 2.62 bits per heavy atom. The number of hydrogen-bond acceptors (Lipinski definition) is 4. The second-order valence-corrected chi connectivity index (χ2v) is 5.38. The molecule has 112 valence electrons. The van der Waals surface area contributed by atoms with Gasteiger partial charge in [0, 0.05) is 17.6 Å². The molecular weight excluding hydrogens is 300 g/mol. The lowest BCUT2D eigenvalue weighted by atomic mass is 10.1. The molecular formula is C13H13ClN2O5. The number of hydrogen-bond donors (Lipinski definition) is 1. The maximum Gasteiger partial charge on any atom is 0.323 e. The largest absolute Gasteiger partial charge is 0.480 e. The molecule has 1 saturated carbocycles. The van der Waals surface area contributed by atoms with Gasteiger partial charge in [-0.1, -0.05) is 11.6 Å². The summed E-state index contributed by atoms with van der Waals surface area (Å²) in [5.41, 5.74) is -0.565. The number of benzene rings is 1. The van der Waals surface area contributed by atoms with Crippen molar-refractivity contribution in [1.29, 1.82) is 0 Å². The van der Waals surface area contributed by atoms with E-state index >= 15 is 0 Å². The Balaban J connectivity index is 2.32. The van der Waals surface area contributed by atoms with Crippen LogP contribution in [0.4, 0.5) is 5.69 Å². The van der Waals surface area contributed by atoms with Gasteiger partial charge in [-0.05, 0) is 30.9 Å². The maximum atomic E-state index is 12.4. The molecule has 1 amide bonds. The normalized spacial score (nSPS) is 13.8. The van der Waals surface area contributed by atoms with E-state index in [-0.39, 0.29) is 28.7 Å². The zero-order valence-electron chi connectivity index (χ0n) is 11.0. The van der Waals surface area contributed by atoms with Crippen LogP contribution in [0, 0.1) is 16.0 Å². The summed E-state index contributed by atoms with van der Waals surface area (Å²) in [4.78, 5) is 34.7. The number of nitro groups is 1. The zero-order chi connectivity index (χ0) is 15.6. The molecule has 1 aliphatic carbocycles. The molecule has 0 saturated heterocycles. The Labute approximate surface area is 125 Å². The van der Waals surface area contributed by atoms with Crippen molar-refractivity contribution >= 4 is 29.2 Å². The molecule has 1 aliphatic rings. The van der Waals surface area contributed by atoms with Gasteiger partial charge in [0.15, 0.2) is 0 Å². The van der Waals surface area contributed by atoms with Gasteiger partial charge in [-0.2, -0.15) is 0 Å². The molecule has 0 bridgehead atoms. The van der Waals surface area contributed by atoms with Gasteiger partial charge in [0.1, 0.15) is 12.1 Å². The Hall–Kier alpha value is -2.15. The molecule has 8 heteroatoms. The first-order valence-corrected chi connectivity index (χ1v) is 6.71. The van der Waals surface area contributed by atoms with Gasteiger partial charge in [0.2, 0.25) is 0 Å². The molecule has 0 radical (unpaired) electrons. The van der Waals surface area contributed by atoms with E-state index in [4.69, 9.17) is 16.7 Å². The zero-order valence-corrected chi connectivity index (χ0v) is 11.7. The number of halogens is 1. The molecule has 21 heavy (non-hydrogen) atoms.